The van der Waals surface area contributed by atoms with Crippen molar-refractivity contribution in [3.05, 3.63) is 53.6 Å². The van der Waals surface area contributed by atoms with Crippen molar-refractivity contribution in [1.82, 2.24) is 0 Å². The summed E-state index contributed by atoms with van der Waals surface area (Å²) in [6.07, 6.45) is 13.7. The van der Waals surface area contributed by atoms with Crippen LogP contribution in [0.25, 0.3) is 0 Å². The first-order chi connectivity index (χ1) is 20.8. The van der Waals surface area contributed by atoms with Gasteiger partial charge in [0.2, 0.25) is 0 Å². The van der Waals surface area contributed by atoms with Crippen molar-refractivity contribution in [3.8, 4) is 5.75 Å². The molecule has 5 heteroatoms. The molecule has 0 bridgehead atoms. The maximum absolute atomic E-state index is 9.00. The highest BCUT2D eigenvalue weighted by atomic mass is 16.5. The van der Waals surface area contributed by atoms with E-state index in [1.807, 2.05) is 78.1 Å². The van der Waals surface area contributed by atoms with Crippen LogP contribution in [0.15, 0.2) is 63.6 Å². The summed E-state index contributed by atoms with van der Waals surface area (Å²) < 4.78 is 5.86. The van der Waals surface area contributed by atoms with E-state index in [-0.39, 0.29) is 10.8 Å². The molecular formula is C39H74N2O3. The number of carboxylic acids is 1. The van der Waals surface area contributed by atoms with Crippen molar-refractivity contribution in [2.45, 2.75) is 143 Å². The molecule has 0 saturated heterocycles. The van der Waals surface area contributed by atoms with Gasteiger partial charge in [0.15, 0.2) is 0 Å². The number of carboxylic acid groups (broad SMARTS) is 1. The molecule has 258 valence electrons. The van der Waals surface area contributed by atoms with Crippen molar-refractivity contribution in [3.63, 3.8) is 0 Å². The Morgan fingerprint density at radius 1 is 0.909 bits per heavy atom. The number of nitrogens with zero attached hydrogens (tertiary/aromatic N) is 2. The van der Waals surface area contributed by atoms with E-state index in [4.69, 9.17) is 14.6 Å². The highest BCUT2D eigenvalue weighted by Gasteiger charge is 2.31. The van der Waals surface area contributed by atoms with Gasteiger partial charge in [0.05, 0.1) is 6.61 Å². The van der Waals surface area contributed by atoms with E-state index >= 15 is 0 Å². The topological polar surface area (TPSA) is 71.2 Å². The standard InChI is InChI=1S/C23H36O.C8H16N2.C2H4O2.3C2H6/c1-8-20(22(4,5)9-2)21(23(6,7)10-3)17-14-18-24-19-15-12-11-13-16-19;1-4-8(2)5-6-10-7-9-3;1-2(3)4;3*1-2/h8,11-13,15-17H,9-10,14,18H2,1-7H3;6-8H,4-5H2,1-3H3;1H3,(H,3,4);3*1-2H3/b20-8+,21-17+;;;;;. The molecule has 1 atom stereocenters. The van der Waals surface area contributed by atoms with Crippen LogP contribution in [0.3, 0.4) is 0 Å². The Kier molecular flexibility index (Phi) is 40.3. The van der Waals surface area contributed by atoms with Crippen molar-refractivity contribution in [1.29, 1.82) is 0 Å². The maximum Gasteiger partial charge on any atom is 0.300 e. The van der Waals surface area contributed by atoms with Crippen LogP contribution in [0.1, 0.15) is 143 Å². The number of ether oxygens (including phenoxy) is 1. The summed E-state index contributed by atoms with van der Waals surface area (Å²) in [5.41, 5.74) is 3.35. The lowest BCUT2D eigenvalue weighted by Gasteiger charge is -2.36. The summed E-state index contributed by atoms with van der Waals surface area (Å²) in [5, 5.41) is 7.42. The number of allylic oxidation sites excluding steroid dienone is 3. The average Bonchev–Trinajstić information content (AvgIpc) is 3.04. The van der Waals surface area contributed by atoms with Gasteiger partial charge in [0, 0.05) is 26.6 Å². The minimum Gasteiger partial charge on any atom is -0.493 e. The van der Waals surface area contributed by atoms with E-state index in [1.54, 1.807) is 13.4 Å². The smallest absolute Gasteiger partial charge is 0.300 e. The summed E-state index contributed by atoms with van der Waals surface area (Å²) in [7, 11) is 1.72. The number of rotatable bonds is 13. The molecule has 44 heavy (non-hydrogen) atoms. The first-order valence-electron chi connectivity index (χ1n) is 17.0. The molecule has 0 spiro atoms. The molecule has 0 aliphatic heterocycles. The zero-order valence-electron chi connectivity index (χ0n) is 32.2. The number of benzene rings is 1. The minimum atomic E-state index is -0.833. The van der Waals surface area contributed by atoms with Gasteiger partial charge in [-0.05, 0) is 66.2 Å². The zero-order valence-corrected chi connectivity index (χ0v) is 32.2. The Balaban J connectivity index is -0.000000209. The predicted octanol–water partition coefficient (Wildman–Crippen LogP) is 12.5. The Morgan fingerprint density at radius 3 is 1.75 bits per heavy atom. The third kappa shape index (κ3) is 29.4. The molecule has 0 aromatic heterocycles. The number of aliphatic carboxylic acids is 1. The third-order valence-corrected chi connectivity index (χ3v) is 6.78. The molecule has 0 aliphatic rings. The predicted molar refractivity (Wildman–Crippen MR) is 201 cm³/mol. The maximum atomic E-state index is 9.00. The van der Waals surface area contributed by atoms with Crippen molar-refractivity contribution in [2.75, 3.05) is 13.7 Å². The molecule has 1 rings (SSSR count). The van der Waals surface area contributed by atoms with Crippen LogP contribution >= 0.6 is 0 Å². The molecule has 1 aromatic carbocycles. The lowest BCUT2D eigenvalue weighted by molar-refractivity contribution is -0.134. The van der Waals surface area contributed by atoms with Crippen molar-refractivity contribution in [2.24, 2.45) is 26.7 Å². The van der Waals surface area contributed by atoms with Gasteiger partial charge in [-0.3, -0.25) is 9.79 Å². The highest BCUT2D eigenvalue weighted by Crippen LogP contribution is 2.44. The van der Waals surface area contributed by atoms with Crippen LogP contribution in [0.5, 0.6) is 5.75 Å². The van der Waals surface area contributed by atoms with Gasteiger partial charge >= 0.3 is 0 Å². The van der Waals surface area contributed by atoms with Crippen LogP contribution in [-0.2, 0) is 4.79 Å². The fourth-order valence-corrected chi connectivity index (χ4v) is 3.46. The van der Waals surface area contributed by atoms with Gasteiger partial charge in [0.1, 0.15) is 12.1 Å². The first kappa shape index (κ1) is 50.9. The number of aliphatic imine (C=N–C) groups is 2. The molecule has 0 saturated carbocycles. The van der Waals surface area contributed by atoms with Gasteiger partial charge < -0.3 is 9.84 Å². The summed E-state index contributed by atoms with van der Waals surface area (Å²) in [4.78, 5) is 16.7. The summed E-state index contributed by atoms with van der Waals surface area (Å²) in [6.45, 7) is 34.3. The fraction of sp³-hybridized carbons (Fsp3) is 0.667. The third-order valence-electron chi connectivity index (χ3n) is 6.78. The zero-order chi connectivity index (χ0) is 35.6. The molecule has 0 radical (unpaired) electrons. The van der Waals surface area contributed by atoms with E-state index < -0.39 is 5.97 Å². The van der Waals surface area contributed by atoms with Crippen LogP contribution < -0.4 is 4.74 Å². The quantitative estimate of drug-likeness (QED) is 0.103. The van der Waals surface area contributed by atoms with Crippen molar-refractivity contribution < 1.29 is 14.6 Å². The van der Waals surface area contributed by atoms with Crippen LogP contribution in [-0.4, -0.2) is 37.3 Å². The molecule has 0 fully saturated rings. The van der Waals surface area contributed by atoms with Gasteiger partial charge in [0.25, 0.3) is 5.97 Å². The molecule has 1 unspecified atom stereocenters. The summed E-state index contributed by atoms with van der Waals surface area (Å²) >= 11 is 0. The van der Waals surface area contributed by atoms with E-state index in [0.717, 1.165) is 50.9 Å². The fourth-order valence-electron chi connectivity index (χ4n) is 3.46. The monoisotopic (exact) mass is 619 g/mol. The Hall–Kier alpha value is -2.69. The molecule has 0 aliphatic carbocycles. The van der Waals surface area contributed by atoms with Crippen LogP contribution in [0.2, 0.25) is 0 Å². The lowest BCUT2D eigenvalue weighted by Crippen LogP contribution is -2.24. The Morgan fingerprint density at radius 2 is 1.36 bits per heavy atom. The van der Waals surface area contributed by atoms with E-state index in [9.17, 15) is 0 Å². The lowest BCUT2D eigenvalue weighted by atomic mass is 9.68. The van der Waals surface area contributed by atoms with Gasteiger partial charge in [-0.2, -0.15) is 0 Å². The van der Waals surface area contributed by atoms with Gasteiger partial charge in [-0.15, -0.1) is 0 Å². The summed E-state index contributed by atoms with van der Waals surface area (Å²) in [6, 6.07) is 10.1. The normalized spacial score (nSPS) is 12.0. The second-order valence-electron chi connectivity index (χ2n) is 10.7. The molecule has 5 nitrogen and oxygen atoms in total. The second-order valence-corrected chi connectivity index (χ2v) is 10.7. The SMILES string of the molecule is C/C=C(\C(=C/CCOc1ccccc1)C(C)(C)CC)C(C)(C)CC.CC.CC.CC.CC(=O)O.CCC(C)CC=NC=NC. The number of carbonyl (C=O) groups is 1. The molecule has 0 amide bonds. The summed E-state index contributed by atoms with van der Waals surface area (Å²) in [5.74, 6) is 0.858. The van der Waals surface area contributed by atoms with E-state index in [2.05, 4.69) is 84.5 Å². The van der Waals surface area contributed by atoms with Gasteiger partial charge in [-0.25, -0.2) is 4.99 Å². The largest absolute Gasteiger partial charge is 0.493 e. The van der Waals surface area contributed by atoms with Gasteiger partial charge in [-0.1, -0.05) is 134 Å². The molecular weight excluding hydrogens is 544 g/mol. The second kappa shape index (κ2) is 34.8. The minimum absolute atomic E-state index is 0.182. The number of hydrogen-bond donors (Lipinski definition) is 1. The van der Waals surface area contributed by atoms with Crippen molar-refractivity contribution >= 4 is 18.5 Å². The molecule has 1 N–H and O–H groups in total. The van der Waals surface area contributed by atoms with Crippen LogP contribution in [0, 0.1) is 16.7 Å². The first-order valence-corrected chi connectivity index (χ1v) is 17.0. The average molecular weight is 619 g/mol. The Bertz CT molecular complexity index is 863. The number of hydrogen-bond acceptors (Lipinski definition) is 3. The van der Waals surface area contributed by atoms with E-state index in [0.29, 0.717) is 0 Å². The molecule has 1 aromatic rings. The highest BCUT2D eigenvalue weighted by molar-refractivity contribution is 5.72. The Labute approximate surface area is 275 Å². The molecule has 0 heterocycles. The van der Waals surface area contributed by atoms with E-state index in [1.165, 1.54) is 17.6 Å². The number of para-hydroxylation sites is 1. The van der Waals surface area contributed by atoms with Crippen LogP contribution in [0.4, 0.5) is 0 Å².